The Morgan fingerprint density at radius 1 is 0.698 bits per heavy atom. The Labute approximate surface area is 306 Å². The van der Waals surface area contributed by atoms with Crippen molar-refractivity contribution in [3.63, 3.8) is 0 Å². The van der Waals surface area contributed by atoms with E-state index in [0.717, 1.165) is 30.5 Å². The number of hydrogen-bond acceptors (Lipinski definition) is 12. The number of ether oxygens (including phenoxy) is 4. The fourth-order valence-corrected chi connectivity index (χ4v) is 6.30. The number of nitrogens with one attached hydrogen (secondary N) is 2. The lowest BCUT2D eigenvalue weighted by Gasteiger charge is -2.28. The minimum absolute atomic E-state index is 0.158. The number of fused-ring (bicyclic) bond motifs is 1. The first-order valence-electron chi connectivity index (χ1n) is 17.3. The highest BCUT2D eigenvalue weighted by molar-refractivity contribution is 6.01. The van der Waals surface area contributed by atoms with Crippen LogP contribution in [0.2, 0.25) is 0 Å². The molecule has 1 atom stereocenters. The lowest BCUT2D eigenvalue weighted by molar-refractivity contribution is 0.0935. The maximum atomic E-state index is 12.6. The molecule has 4 aromatic carbocycles. The van der Waals surface area contributed by atoms with E-state index in [-0.39, 0.29) is 32.3 Å². The minimum Gasteiger partial charge on any atom is -0.493 e. The van der Waals surface area contributed by atoms with Gasteiger partial charge in [-0.15, -0.1) is 0 Å². The monoisotopic (exact) mass is 725 g/mol. The van der Waals surface area contributed by atoms with Crippen LogP contribution in [0.15, 0.2) is 77.3 Å². The molecule has 6 rings (SSSR count). The van der Waals surface area contributed by atoms with Crippen LogP contribution in [0.5, 0.6) is 23.0 Å². The molecular formula is C40H43N3O10. The van der Waals surface area contributed by atoms with E-state index < -0.39 is 6.17 Å². The van der Waals surface area contributed by atoms with Gasteiger partial charge < -0.3 is 54.5 Å². The third-order valence-corrected chi connectivity index (χ3v) is 9.11. The van der Waals surface area contributed by atoms with Gasteiger partial charge in [0, 0.05) is 28.4 Å². The van der Waals surface area contributed by atoms with Crippen molar-refractivity contribution in [1.29, 1.82) is 0 Å². The van der Waals surface area contributed by atoms with Crippen molar-refractivity contribution in [1.82, 2.24) is 10.5 Å². The van der Waals surface area contributed by atoms with E-state index in [1.165, 1.54) is 14.2 Å². The van der Waals surface area contributed by atoms with Crippen molar-refractivity contribution in [2.75, 3.05) is 32.8 Å². The lowest BCUT2D eigenvalue weighted by atomic mass is 9.97. The Morgan fingerprint density at radius 3 is 2.04 bits per heavy atom. The van der Waals surface area contributed by atoms with E-state index in [0.29, 0.717) is 86.6 Å². The summed E-state index contributed by atoms with van der Waals surface area (Å²) in [5, 5.41) is 49.9. The van der Waals surface area contributed by atoms with Crippen molar-refractivity contribution in [3.05, 3.63) is 106 Å². The normalized spacial score (nSPS) is 13.5. The zero-order chi connectivity index (χ0) is 37.3. The fourth-order valence-electron chi connectivity index (χ4n) is 6.30. The summed E-state index contributed by atoms with van der Waals surface area (Å²) in [4.78, 5) is 12.6. The number of anilines is 1. The molecule has 0 radical (unpaired) electrons. The van der Waals surface area contributed by atoms with Gasteiger partial charge >= 0.3 is 0 Å². The Balaban J connectivity index is 1.02. The quantitative estimate of drug-likeness (QED) is 0.0665. The average Bonchev–Trinajstić information content (AvgIpc) is 3.70. The summed E-state index contributed by atoms with van der Waals surface area (Å²) < 4.78 is 29.1. The minimum atomic E-state index is -0.426. The first kappa shape index (κ1) is 37.2. The standard InChI is InChI=1S/C40H43N3O10/c1-49-36-17-26(35-19-33(43-53-35)25-15-27(20-44)31(23-47)28(16-25)21-45)18-37(50-2)38(36)52-13-7-3-6-12-51-34-11-10-24(14-29(34)22-46)39-41-32-9-5-4-8-30(32)40(48)42-39/h4-5,8-11,14-19,39,41,44-47H,3,6-7,12-13,20-23H2,1-2H3,(H,42,48). The SMILES string of the molecule is COc1cc(-c2cc(-c3cc(CO)c(CO)c(CO)c3)no2)cc(OC)c1OCCCCCOc1ccc(C2NC(=O)c3ccccc3N2)cc1CO. The molecule has 278 valence electrons. The summed E-state index contributed by atoms with van der Waals surface area (Å²) in [6.07, 6.45) is 1.90. The third-order valence-electron chi connectivity index (χ3n) is 9.11. The molecule has 6 N–H and O–H groups in total. The predicted molar refractivity (Wildman–Crippen MR) is 196 cm³/mol. The number of hydrogen-bond donors (Lipinski definition) is 6. The van der Waals surface area contributed by atoms with Crippen molar-refractivity contribution in [3.8, 4) is 45.6 Å². The zero-order valence-electron chi connectivity index (χ0n) is 29.6. The zero-order valence-corrected chi connectivity index (χ0v) is 29.6. The lowest BCUT2D eigenvalue weighted by Crippen LogP contribution is -2.38. The van der Waals surface area contributed by atoms with E-state index in [1.807, 2.05) is 36.4 Å². The Bertz CT molecular complexity index is 2000. The Hall–Kier alpha value is -5.60. The number of amides is 1. The number of carbonyl (C=O) groups is 1. The highest BCUT2D eigenvalue weighted by atomic mass is 16.5. The summed E-state index contributed by atoms with van der Waals surface area (Å²) >= 11 is 0. The molecule has 0 bridgehead atoms. The summed E-state index contributed by atoms with van der Waals surface area (Å²) in [7, 11) is 3.08. The van der Waals surface area contributed by atoms with Crippen LogP contribution in [-0.2, 0) is 26.4 Å². The van der Waals surface area contributed by atoms with Gasteiger partial charge in [-0.25, -0.2) is 0 Å². The number of carbonyl (C=O) groups excluding carboxylic acids is 1. The molecule has 5 aromatic rings. The molecule has 13 nitrogen and oxygen atoms in total. The number of para-hydroxylation sites is 1. The van der Waals surface area contributed by atoms with E-state index in [1.54, 1.807) is 36.4 Å². The van der Waals surface area contributed by atoms with E-state index >= 15 is 0 Å². The first-order chi connectivity index (χ1) is 25.9. The predicted octanol–water partition coefficient (Wildman–Crippen LogP) is 5.48. The van der Waals surface area contributed by atoms with Crippen molar-refractivity contribution in [2.45, 2.75) is 51.9 Å². The number of methoxy groups -OCH3 is 2. The summed E-state index contributed by atoms with van der Waals surface area (Å²) in [5.74, 6) is 2.22. The molecule has 0 saturated carbocycles. The maximum Gasteiger partial charge on any atom is 0.255 e. The molecule has 2 heterocycles. The van der Waals surface area contributed by atoms with E-state index in [2.05, 4.69) is 15.8 Å². The van der Waals surface area contributed by atoms with Gasteiger partial charge in [0.2, 0.25) is 5.75 Å². The average molecular weight is 726 g/mol. The Kier molecular flexibility index (Phi) is 12.1. The molecule has 13 heteroatoms. The number of unbranched alkanes of at least 4 members (excludes halogenated alkanes) is 2. The topological polar surface area (TPSA) is 185 Å². The van der Waals surface area contributed by atoms with Crippen LogP contribution in [0.4, 0.5) is 5.69 Å². The number of aliphatic hydroxyl groups excluding tert-OH is 4. The van der Waals surface area contributed by atoms with Crippen LogP contribution < -0.4 is 29.6 Å². The van der Waals surface area contributed by atoms with Crippen LogP contribution in [0.1, 0.15) is 63.6 Å². The van der Waals surface area contributed by atoms with Gasteiger partial charge in [-0.05, 0) is 90.0 Å². The van der Waals surface area contributed by atoms with Crippen LogP contribution in [0, 0.1) is 0 Å². The highest BCUT2D eigenvalue weighted by Gasteiger charge is 2.25. The van der Waals surface area contributed by atoms with Gasteiger partial charge in [-0.3, -0.25) is 4.79 Å². The van der Waals surface area contributed by atoms with E-state index in [9.17, 15) is 25.2 Å². The van der Waals surface area contributed by atoms with Gasteiger partial charge in [0.1, 0.15) is 17.6 Å². The molecule has 1 amide bonds. The number of aliphatic hydroxyl groups is 4. The molecule has 0 aliphatic carbocycles. The van der Waals surface area contributed by atoms with Gasteiger partial charge in [-0.2, -0.15) is 0 Å². The second-order valence-electron chi connectivity index (χ2n) is 12.4. The van der Waals surface area contributed by atoms with Crippen LogP contribution in [-0.4, -0.2) is 58.9 Å². The molecule has 0 saturated heterocycles. The smallest absolute Gasteiger partial charge is 0.255 e. The van der Waals surface area contributed by atoms with Crippen LogP contribution >= 0.6 is 0 Å². The number of benzene rings is 4. The van der Waals surface area contributed by atoms with Gasteiger partial charge in [0.25, 0.3) is 5.91 Å². The largest absolute Gasteiger partial charge is 0.493 e. The fraction of sp³-hybridized carbons (Fsp3) is 0.300. The Morgan fingerprint density at radius 2 is 1.38 bits per heavy atom. The van der Waals surface area contributed by atoms with Crippen LogP contribution in [0.3, 0.4) is 0 Å². The molecular weight excluding hydrogens is 682 g/mol. The summed E-state index contributed by atoms with van der Waals surface area (Å²) in [6, 6.07) is 21.5. The van der Waals surface area contributed by atoms with Gasteiger partial charge in [0.15, 0.2) is 17.3 Å². The first-order valence-corrected chi connectivity index (χ1v) is 17.3. The molecule has 53 heavy (non-hydrogen) atoms. The second kappa shape index (κ2) is 17.3. The van der Waals surface area contributed by atoms with Gasteiger partial charge in [0.05, 0.1) is 59.4 Å². The maximum absolute atomic E-state index is 12.6. The third kappa shape index (κ3) is 8.23. The molecule has 1 aliphatic heterocycles. The molecule has 1 unspecified atom stereocenters. The summed E-state index contributed by atoms with van der Waals surface area (Å²) in [5.41, 5.74) is 6.01. The van der Waals surface area contributed by atoms with Crippen molar-refractivity contribution >= 4 is 11.6 Å². The van der Waals surface area contributed by atoms with Crippen LogP contribution in [0.25, 0.3) is 22.6 Å². The molecule has 0 fully saturated rings. The number of rotatable bonds is 17. The summed E-state index contributed by atoms with van der Waals surface area (Å²) in [6.45, 7) is -0.256. The number of aromatic nitrogens is 1. The molecule has 1 aliphatic rings. The van der Waals surface area contributed by atoms with Crippen molar-refractivity contribution in [2.24, 2.45) is 0 Å². The number of nitrogens with zero attached hydrogens (tertiary/aromatic N) is 1. The van der Waals surface area contributed by atoms with E-state index in [4.69, 9.17) is 23.5 Å². The highest BCUT2D eigenvalue weighted by Crippen LogP contribution is 2.42. The van der Waals surface area contributed by atoms with Gasteiger partial charge in [-0.1, -0.05) is 23.4 Å². The van der Waals surface area contributed by atoms with Crippen molar-refractivity contribution < 1.29 is 48.7 Å². The molecule has 1 aromatic heterocycles. The molecule has 0 spiro atoms. The second-order valence-corrected chi connectivity index (χ2v) is 12.4.